The minimum absolute atomic E-state index is 0.112. The first kappa shape index (κ1) is 13.0. The maximum atomic E-state index is 11.4. The largest absolute Gasteiger partial charge is 0.496 e. The van der Waals surface area contributed by atoms with Gasteiger partial charge in [-0.05, 0) is 30.0 Å². The van der Waals surface area contributed by atoms with Crippen LogP contribution in [0.1, 0.15) is 23.6 Å². The normalized spacial score (nSPS) is 16.8. The molecule has 0 aliphatic heterocycles. The number of benzene rings is 1. The number of anilines is 1. The van der Waals surface area contributed by atoms with Gasteiger partial charge < -0.3 is 10.1 Å². The van der Waals surface area contributed by atoms with Crippen LogP contribution in [0.2, 0.25) is 5.02 Å². The van der Waals surface area contributed by atoms with Crippen LogP contribution in [-0.4, -0.2) is 17.3 Å². The summed E-state index contributed by atoms with van der Waals surface area (Å²) in [7, 11) is 1.67. The zero-order chi connectivity index (χ0) is 14.1. The van der Waals surface area contributed by atoms with E-state index in [1.165, 1.54) is 17.3 Å². The molecule has 1 atom stereocenters. The highest BCUT2D eigenvalue weighted by molar-refractivity contribution is 6.32. The Morgan fingerprint density at radius 3 is 3.15 bits per heavy atom. The second-order valence-electron chi connectivity index (χ2n) is 4.69. The molecule has 2 N–H and O–H groups in total. The van der Waals surface area contributed by atoms with Gasteiger partial charge in [0.25, 0.3) is 5.56 Å². The van der Waals surface area contributed by atoms with E-state index in [0.717, 1.165) is 18.6 Å². The summed E-state index contributed by atoms with van der Waals surface area (Å²) >= 11 is 5.99. The van der Waals surface area contributed by atoms with Crippen molar-refractivity contribution >= 4 is 17.3 Å². The molecule has 20 heavy (non-hydrogen) atoms. The van der Waals surface area contributed by atoms with Gasteiger partial charge in [-0.3, -0.25) is 4.79 Å². The molecule has 0 fully saturated rings. The number of nitrogens with one attached hydrogen (secondary N) is 2. The van der Waals surface area contributed by atoms with Gasteiger partial charge in [-0.1, -0.05) is 23.7 Å². The van der Waals surface area contributed by atoms with E-state index < -0.39 is 0 Å². The lowest BCUT2D eigenvalue weighted by Gasteiger charge is -2.16. The first-order chi connectivity index (χ1) is 9.70. The summed E-state index contributed by atoms with van der Waals surface area (Å²) in [6.45, 7) is 0. The number of methoxy groups -OCH3 is 1. The number of hydrogen-bond acceptors (Lipinski definition) is 4. The van der Waals surface area contributed by atoms with E-state index in [1.54, 1.807) is 7.11 Å². The van der Waals surface area contributed by atoms with Crippen LogP contribution in [-0.2, 0) is 6.42 Å². The molecule has 1 aromatic carbocycles. The molecule has 6 heteroatoms. The van der Waals surface area contributed by atoms with Gasteiger partial charge in [-0.15, -0.1) is 0 Å². The topological polar surface area (TPSA) is 67.0 Å². The van der Waals surface area contributed by atoms with E-state index in [1.807, 2.05) is 12.1 Å². The zero-order valence-electron chi connectivity index (χ0n) is 10.9. The Labute approximate surface area is 120 Å². The second-order valence-corrected chi connectivity index (χ2v) is 5.07. The summed E-state index contributed by atoms with van der Waals surface area (Å²) in [5, 5.41) is 9.50. The van der Waals surface area contributed by atoms with Crippen molar-refractivity contribution in [2.45, 2.75) is 18.9 Å². The monoisotopic (exact) mass is 291 g/mol. The Hall–Kier alpha value is -2.01. The molecule has 0 bridgehead atoms. The minimum atomic E-state index is -0.388. The van der Waals surface area contributed by atoms with Crippen LogP contribution >= 0.6 is 11.6 Å². The molecule has 0 saturated heterocycles. The van der Waals surface area contributed by atoms with Gasteiger partial charge in [0.15, 0.2) is 0 Å². The lowest BCUT2D eigenvalue weighted by molar-refractivity contribution is 0.410. The van der Waals surface area contributed by atoms with E-state index in [2.05, 4.69) is 21.6 Å². The van der Waals surface area contributed by atoms with Crippen molar-refractivity contribution < 1.29 is 4.74 Å². The molecule has 5 nitrogen and oxygen atoms in total. The van der Waals surface area contributed by atoms with Crippen LogP contribution < -0.4 is 15.6 Å². The average Bonchev–Trinajstić information content (AvgIpc) is 2.87. The maximum absolute atomic E-state index is 11.4. The molecule has 3 rings (SSSR count). The molecule has 0 radical (unpaired) electrons. The molecule has 2 aromatic rings. The molecule has 1 aliphatic rings. The molecule has 1 aliphatic carbocycles. The number of halogens is 1. The fourth-order valence-corrected chi connectivity index (χ4v) is 2.78. The van der Waals surface area contributed by atoms with Crippen molar-refractivity contribution in [1.29, 1.82) is 0 Å². The van der Waals surface area contributed by atoms with E-state index in [-0.39, 0.29) is 16.6 Å². The zero-order valence-corrected chi connectivity index (χ0v) is 11.7. The van der Waals surface area contributed by atoms with Crippen LogP contribution in [0.4, 0.5) is 5.69 Å². The standard InChI is InChI=1S/C14H14ClN3O2/c1-20-12-4-2-3-8-9(12)5-6-10(8)17-11-7-16-18-14(19)13(11)15/h2-4,7,10H,5-6H2,1H3,(H2,17,18,19). The number of aromatic nitrogens is 2. The Balaban J connectivity index is 1.92. The quantitative estimate of drug-likeness (QED) is 0.912. The van der Waals surface area contributed by atoms with Gasteiger partial charge in [0.1, 0.15) is 10.8 Å². The van der Waals surface area contributed by atoms with E-state index in [0.29, 0.717) is 5.69 Å². The van der Waals surface area contributed by atoms with E-state index >= 15 is 0 Å². The van der Waals surface area contributed by atoms with Gasteiger partial charge in [0.05, 0.1) is 25.0 Å². The summed E-state index contributed by atoms with van der Waals surface area (Å²) in [6.07, 6.45) is 3.39. The predicted molar refractivity (Wildman–Crippen MR) is 77.5 cm³/mol. The summed E-state index contributed by atoms with van der Waals surface area (Å²) < 4.78 is 5.38. The minimum Gasteiger partial charge on any atom is -0.496 e. The van der Waals surface area contributed by atoms with Crippen molar-refractivity contribution in [3.63, 3.8) is 0 Å². The molecule has 0 saturated carbocycles. The molecule has 1 unspecified atom stereocenters. The van der Waals surface area contributed by atoms with Gasteiger partial charge in [0.2, 0.25) is 0 Å². The number of rotatable bonds is 3. The third-order valence-electron chi connectivity index (χ3n) is 3.57. The lowest BCUT2D eigenvalue weighted by Crippen LogP contribution is -2.14. The van der Waals surface area contributed by atoms with Crippen LogP contribution in [0.15, 0.2) is 29.2 Å². The highest BCUT2D eigenvalue weighted by Gasteiger charge is 2.25. The highest BCUT2D eigenvalue weighted by Crippen LogP contribution is 2.39. The van der Waals surface area contributed by atoms with Gasteiger partial charge >= 0.3 is 0 Å². The number of H-pyrrole nitrogens is 1. The Morgan fingerprint density at radius 1 is 1.50 bits per heavy atom. The van der Waals surface area contributed by atoms with E-state index in [4.69, 9.17) is 16.3 Å². The van der Waals surface area contributed by atoms with Gasteiger partial charge in [-0.2, -0.15) is 5.10 Å². The highest BCUT2D eigenvalue weighted by atomic mass is 35.5. The summed E-state index contributed by atoms with van der Waals surface area (Å²) in [4.78, 5) is 11.4. The van der Waals surface area contributed by atoms with E-state index in [9.17, 15) is 4.79 Å². The number of aromatic amines is 1. The number of hydrogen-bond donors (Lipinski definition) is 2. The molecule has 1 heterocycles. The Kier molecular flexibility index (Phi) is 3.36. The van der Waals surface area contributed by atoms with Crippen molar-refractivity contribution in [3.8, 4) is 5.75 Å². The van der Waals surface area contributed by atoms with Gasteiger partial charge in [0, 0.05) is 0 Å². The van der Waals surface area contributed by atoms with Crippen LogP contribution in [0.5, 0.6) is 5.75 Å². The Morgan fingerprint density at radius 2 is 2.35 bits per heavy atom. The fourth-order valence-electron chi connectivity index (χ4n) is 2.63. The smallest absolute Gasteiger partial charge is 0.285 e. The SMILES string of the molecule is COc1cccc2c1CCC2Nc1cn[nH]c(=O)c1Cl. The molecule has 104 valence electrons. The maximum Gasteiger partial charge on any atom is 0.285 e. The average molecular weight is 292 g/mol. The van der Waals surface area contributed by atoms with Crippen LogP contribution in [0.25, 0.3) is 0 Å². The molecule has 0 spiro atoms. The third-order valence-corrected chi connectivity index (χ3v) is 3.95. The summed E-state index contributed by atoms with van der Waals surface area (Å²) in [5.74, 6) is 0.905. The first-order valence-electron chi connectivity index (χ1n) is 6.36. The first-order valence-corrected chi connectivity index (χ1v) is 6.74. The summed E-state index contributed by atoms with van der Waals surface area (Å²) in [6, 6.07) is 6.11. The van der Waals surface area contributed by atoms with Crippen molar-refractivity contribution in [2.75, 3.05) is 12.4 Å². The molecule has 1 aromatic heterocycles. The third kappa shape index (κ3) is 2.14. The van der Waals surface area contributed by atoms with Crippen LogP contribution in [0, 0.1) is 0 Å². The van der Waals surface area contributed by atoms with Gasteiger partial charge in [-0.25, -0.2) is 5.10 Å². The van der Waals surface area contributed by atoms with Crippen molar-refractivity contribution in [3.05, 3.63) is 50.9 Å². The van der Waals surface area contributed by atoms with Crippen LogP contribution in [0.3, 0.4) is 0 Å². The summed E-state index contributed by atoms with van der Waals surface area (Å²) in [5.41, 5.74) is 2.55. The number of ether oxygens (including phenoxy) is 1. The second kappa shape index (κ2) is 5.17. The fraction of sp³-hybridized carbons (Fsp3) is 0.286. The predicted octanol–water partition coefficient (Wildman–Crippen LogP) is 2.53. The molecule has 0 amide bonds. The Bertz CT molecular complexity index is 699. The number of fused-ring (bicyclic) bond motifs is 1. The number of nitrogens with zero attached hydrogens (tertiary/aromatic N) is 1. The van der Waals surface area contributed by atoms with Crippen molar-refractivity contribution in [1.82, 2.24) is 10.2 Å². The lowest BCUT2D eigenvalue weighted by atomic mass is 10.1. The van der Waals surface area contributed by atoms with Crippen molar-refractivity contribution in [2.24, 2.45) is 0 Å². The molecular formula is C14H14ClN3O2. The molecular weight excluding hydrogens is 278 g/mol.